The molecule has 1 N–H and O–H groups in total. The van der Waals surface area contributed by atoms with E-state index in [1.807, 2.05) is 43.3 Å². The Morgan fingerprint density at radius 3 is 2.39 bits per heavy atom. The first-order chi connectivity index (χ1) is 17.0. The standard InChI is InChI=1S/C27H33F3N2O4/c1-18-14-32(19(2)16-33)26(35)23-11-7-6-10-22(23)21-9-5-4-8-20(21)17-36-24(18)15-31(3)25(34)12-13-27(28,29)30/h4-11,18-19,24,33H,12-17H2,1-3H3/t18-,19+,24+/m1/s1. The highest BCUT2D eigenvalue weighted by atomic mass is 19.4. The number of benzene rings is 2. The molecule has 0 fully saturated rings. The summed E-state index contributed by atoms with van der Waals surface area (Å²) in [7, 11) is 1.46. The molecule has 0 spiro atoms. The summed E-state index contributed by atoms with van der Waals surface area (Å²) in [5.74, 6) is -1.13. The number of carbonyl (C=O) groups is 2. The molecule has 9 heteroatoms. The van der Waals surface area contributed by atoms with Gasteiger partial charge in [0.15, 0.2) is 0 Å². The molecule has 6 nitrogen and oxygen atoms in total. The number of alkyl halides is 3. The van der Waals surface area contributed by atoms with Crippen molar-refractivity contribution in [1.29, 1.82) is 0 Å². The van der Waals surface area contributed by atoms with E-state index >= 15 is 0 Å². The summed E-state index contributed by atoms with van der Waals surface area (Å²) >= 11 is 0. The molecule has 0 saturated heterocycles. The van der Waals surface area contributed by atoms with Gasteiger partial charge in [-0.15, -0.1) is 0 Å². The maximum absolute atomic E-state index is 13.7. The Kier molecular flexibility index (Phi) is 9.13. The van der Waals surface area contributed by atoms with Gasteiger partial charge in [-0.05, 0) is 29.7 Å². The van der Waals surface area contributed by atoms with E-state index in [2.05, 4.69) is 0 Å². The van der Waals surface area contributed by atoms with Crippen LogP contribution in [0.2, 0.25) is 0 Å². The third kappa shape index (κ3) is 6.85. The number of rotatable bonds is 6. The van der Waals surface area contributed by atoms with Crippen LogP contribution in [-0.2, 0) is 16.1 Å². The average molecular weight is 507 g/mol. The summed E-state index contributed by atoms with van der Waals surface area (Å²) in [6.07, 6.45) is -6.78. The van der Waals surface area contributed by atoms with Gasteiger partial charge in [0.05, 0.1) is 31.8 Å². The van der Waals surface area contributed by atoms with Gasteiger partial charge in [-0.1, -0.05) is 49.4 Å². The van der Waals surface area contributed by atoms with E-state index in [1.165, 1.54) is 11.9 Å². The number of hydrogen-bond acceptors (Lipinski definition) is 4. The molecule has 0 aromatic heterocycles. The summed E-state index contributed by atoms with van der Waals surface area (Å²) in [6.45, 7) is 3.90. The maximum atomic E-state index is 13.7. The Morgan fingerprint density at radius 1 is 1.14 bits per heavy atom. The zero-order valence-electron chi connectivity index (χ0n) is 20.8. The number of aliphatic hydroxyl groups excluding tert-OH is 1. The fourth-order valence-corrected chi connectivity index (χ4v) is 4.36. The third-order valence-electron chi connectivity index (χ3n) is 6.60. The second-order valence-corrected chi connectivity index (χ2v) is 9.41. The van der Waals surface area contributed by atoms with Crippen LogP contribution >= 0.6 is 0 Å². The first-order valence-electron chi connectivity index (χ1n) is 12.0. The Hall–Kier alpha value is -2.91. The first-order valence-corrected chi connectivity index (χ1v) is 12.0. The zero-order valence-corrected chi connectivity index (χ0v) is 20.8. The molecule has 36 heavy (non-hydrogen) atoms. The zero-order chi connectivity index (χ0) is 26.5. The van der Waals surface area contributed by atoms with Gasteiger partial charge in [-0.25, -0.2) is 0 Å². The molecule has 0 radical (unpaired) electrons. The molecule has 196 valence electrons. The second kappa shape index (κ2) is 11.9. The van der Waals surface area contributed by atoms with Crippen molar-refractivity contribution in [3.63, 3.8) is 0 Å². The van der Waals surface area contributed by atoms with E-state index in [1.54, 1.807) is 24.0 Å². The van der Waals surface area contributed by atoms with Gasteiger partial charge in [-0.2, -0.15) is 13.2 Å². The van der Waals surface area contributed by atoms with Crippen LogP contribution in [0.25, 0.3) is 11.1 Å². The SMILES string of the molecule is C[C@@H]1CN([C@@H](C)CO)C(=O)c2ccccc2-c2ccccc2CO[C@H]1CN(C)C(=O)CCC(F)(F)F. The summed E-state index contributed by atoms with van der Waals surface area (Å²) < 4.78 is 44.1. The van der Waals surface area contributed by atoms with Gasteiger partial charge in [0, 0.05) is 38.0 Å². The monoisotopic (exact) mass is 506 g/mol. The minimum Gasteiger partial charge on any atom is -0.394 e. The highest BCUT2D eigenvalue weighted by Gasteiger charge is 2.32. The Bertz CT molecular complexity index is 1060. The number of amides is 2. The molecular weight excluding hydrogens is 473 g/mol. The highest BCUT2D eigenvalue weighted by Crippen LogP contribution is 2.31. The quantitative estimate of drug-likeness (QED) is 0.626. The fraction of sp³-hybridized carbons (Fsp3) is 0.481. The molecule has 1 aliphatic heterocycles. The van der Waals surface area contributed by atoms with Crippen LogP contribution in [-0.4, -0.2) is 71.8 Å². The van der Waals surface area contributed by atoms with E-state index in [0.717, 1.165) is 16.7 Å². The minimum absolute atomic E-state index is 0.0719. The maximum Gasteiger partial charge on any atom is 0.389 e. The average Bonchev–Trinajstić information content (AvgIpc) is 2.87. The first kappa shape index (κ1) is 27.7. The van der Waals surface area contributed by atoms with Crippen molar-refractivity contribution in [2.75, 3.05) is 26.7 Å². The van der Waals surface area contributed by atoms with E-state index in [0.29, 0.717) is 5.56 Å². The van der Waals surface area contributed by atoms with Gasteiger partial charge in [0.25, 0.3) is 5.91 Å². The van der Waals surface area contributed by atoms with Crippen LogP contribution in [0.3, 0.4) is 0 Å². The van der Waals surface area contributed by atoms with E-state index < -0.39 is 37.1 Å². The van der Waals surface area contributed by atoms with Crippen molar-refractivity contribution in [2.24, 2.45) is 5.92 Å². The normalized spacial score (nSPS) is 19.6. The minimum atomic E-state index is -4.41. The van der Waals surface area contributed by atoms with Crippen molar-refractivity contribution < 1.29 is 32.6 Å². The van der Waals surface area contributed by atoms with E-state index in [4.69, 9.17) is 4.74 Å². The molecule has 2 amide bonds. The number of fused-ring (bicyclic) bond motifs is 3. The number of nitrogens with zero attached hydrogens (tertiary/aromatic N) is 2. The predicted molar refractivity (Wildman–Crippen MR) is 130 cm³/mol. The number of halogens is 3. The summed E-state index contributed by atoms with van der Waals surface area (Å²) in [5, 5.41) is 9.88. The largest absolute Gasteiger partial charge is 0.394 e. The summed E-state index contributed by atoms with van der Waals surface area (Å²) in [4.78, 5) is 29.0. The lowest BCUT2D eigenvalue weighted by atomic mass is 9.94. The Morgan fingerprint density at radius 2 is 1.75 bits per heavy atom. The van der Waals surface area contributed by atoms with Gasteiger partial charge in [0.1, 0.15) is 0 Å². The number of aliphatic hydroxyl groups is 1. The topological polar surface area (TPSA) is 70.1 Å². The molecule has 1 aliphatic rings. The Balaban J connectivity index is 1.96. The van der Waals surface area contributed by atoms with Crippen molar-refractivity contribution in [3.8, 4) is 11.1 Å². The van der Waals surface area contributed by atoms with Gasteiger partial charge >= 0.3 is 6.18 Å². The molecule has 0 bridgehead atoms. The van der Waals surface area contributed by atoms with Gasteiger partial charge in [-0.3, -0.25) is 9.59 Å². The molecule has 3 rings (SSSR count). The number of likely N-dealkylation sites (N-methyl/N-ethyl adjacent to an activating group) is 1. The number of hydrogen-bond donors (Lipinski definition) is 1. The van der Waals surface area contributed by atoms with Crippen molar-refractivity contribution in [3.05, 3.63) is 59.7 Å². The molecule has 0 aliphatic carbocycles. The van der Waals surface area contributed by atoms with E-state index in [-0.39, 0.29) is 38.1 Å². The van der Waals surface area contributed by atoms with E-state index in [9.17, 15) is 27.9 Å². The lowest BCUT2D eigenvalue weighted by Crippen LogP contribution is -2.47. The van der Waals surface area contributed by atoms with Crippen LogP contribution in [0.15, 0.2) is 48.5 Å². The smallest absolute Gasteiger partial charge is 0.389 e. The summed E-state index contributed by atoms with van der Waals surface area (Å²) in [6, 6.07) is 14.4. The molecular formula is C27H33F3N2O4. The molecule has 0 saturated carbocycles. The molecule has 3 atom stereocenters. The van der Waals surface area contributed by atoms with Crippen molar-refractivity contribution >= 4 is 11.8 Å². The van der Waals surface area contributed by atoms with Crippen LogP contribution in [0.1, 0.15) is 42.6 Å². The molecule has 2 aromatic carbocycles. The third-order valence-corrected chi connectivity index (χ3v) is 6.60. The van der Waals surface area contributed by atoms with Crippen molar-refractivity contribution in [1.82, 2.24) is 9.80 Å². The molecule has 1 heterocycles. The van der Waals surface area contributed by atoms with Gasteiger partial charge < -0.3 is 19.6 Å². The van der Waals surface area contributed by atoms with Crippen LogP contribution in [0, 0.1) is 5.92 Å². The Labute approximate surface area is 209 Å². The van der Waals surface area contributed by atoms with Crippen LogP contribution in [0.4, 0.5) is 13.2 Å². The number of ether oxygens (including phenoxy) is 1. The highest BCUT2D eigenvalue weighted by molar-refractivity contribution is 6.01. The van der Waals surface area contributed by atoms with Crippen LogP contribution < -0.4 is 0 Å². The van der Waals surface area contributed by atoms with Crippen LogP contribution in [0.5, 0.6) is 0 Å². The summed E-state index contributed by atoms with van der Waals surface area (Å²) in [5.41, 5.74) is 2.95. The molecule has 0 unspecified atom stereocenters. The van der Waals surface area contributed by atoms with Crippen molar-refractivity contribution in [2.45, 2.75) is 51.6 Å². The number of carbonyl (C=O) groups excluding carboxylic acids is 2. The second-order valence-electron chi connectivity index (χ2n) is 9.41. The lowest BCUT2D eigenvalue weighted by molar-refractivity contribution is -0.149. The fourth-order valence-electron chi connectivity index (χ4n) is 4.36. The van der Waals surface area contributed by atoms with Gasteiger partial charge in [0.2, 0.25) is 5.91 Å². The predicted octanol–water partition coefficient (Wildman–Crippen LogP) is 4.51. The molecule has 2 aromatic rings. The lowest BCUT2D eigenvalue weighted by Gasteiger charge is -2.35.